The van der Waals surface area contributed by atoms with Gasteiger partial charge < -0.3 is 5.32 Å². The summed E-state index contributed by atoms with van der Waals surface area (Å²) in [6.45, 7) is 1.02. The van der Waals surface area contributed by atoms with E-state index in [-0.39, 0.29) is 5.91 Å². The van der Waals surface area contributed by atoms with Crippen LogP contribution in [-0.2, 0) is 4.79 Å². The highest BCUT2D eigenvalue weighted by atomic mass is 16.2. The van der Waals surface area contributed by atoms with Gasteiger partial charge in [-0.3, -0.25) is 15.2 Å². The largest absolute Gasteiger partial charge is 0.311 e. The Hall–Kier alpha value is -1.55. The zero-order valence-electron chi connectivity index (χ0n) is 9.52. The maximum atomic E-state index is 11.7. The Kier molecular flexibility index (Phi) is 1.80. The minimum atomic E-state index is 0.121. The first-order valence-electron chi connectivity index (χ1n) is 6.25. The van der Waals surface area contributed by atoms with Crippen LogP contribution in [0.25, 0.3) is 0 Å². The van der Waals surface area contributed by atoms with Crippen molar-refractivity contribution in [2.75, 3.05) is 11.6 Å². The highest BCUT2D eigenvalue weighted by Crippen LogP contribution is 2.45. The van der Waals surface area contributed by atoms with Crippen LogP contribution >= 0.6 is 0 Å². The van der Waals surface area contributed by atoms with Crippen LogP contribution < -0.4 is 15.8 Å². The van der Waals surface area contributed by atoms with E-state index in [4.69, 9.17) is 0 Å². The molecule has 3 atom stereocenters. The molecule has 0 aliphatic carbocycles. The molecule has 3 aliphatic rings. The number of hydrogen-bond acceptors (Lipinski definition) is 3. The van der Waals surface area contributed by atoms with Gasteiger partial charge in [-0.15, -0.1) is 0 Å². The van der Waals surface area contributed by atoms with Crippen LogP contribution in [0.3, 0.4) is 0 Å². The first-order valence-corrected chi connectivity index (χ1v) is 6.25. The second-order valence-corrected chi connectivity index (χ2v) is 5.11. The van der Waals surface area contributed by atoms with Crippen LogP contribution in [0, 0.1) is 0 Å². The number of benzene rings is 1. The van der Waals surface area contributed by atoms with E-state index in [9.17, 15) is 4.79 Å². The van der Waals surface area contributed by atoms with Crippen LogP contribution in [0.2, 0.25) is 0 Å². The molecule has 0 saturated carbocycles. The summed E-state index contributed by atoms with van der Waals surface area (Å²) in [5.41, 5.74) is 5.60. The van der Waals surface area contributed by atoms with E-state index in [1.54, 1.807) is 0 Å². The Labute approximate surface area is 100.0 Å². The molecule has 0 bridgehead atoms. The molecule has 1 amide bonds. The van der Waals surface area contributed by atoms with E-state index >= 15 is 0 Å². The van der Waals surface area contributed by atoms with E-state index in [1.165, 1.54) is 11.3 Å². The van der Waals surface area contributed by atoms with Crippen LogP contribution in [0.5, 0.6) is 0 Å². The zero-order chi connectivity index (χ0) is 11.4. The fraction of sp³-hybridized carbons (Fsp3) is 0.462. The van der Waals surface area contributed by atoms with Gasteiger partial charge in [-0.2, -0.15) is 0 Å². The summed E-state index contributed by atoms with van der Waals surface area (Å²) in [7, 11) is 0. The molecule has 3 heterocycles. The maximum absolute atomic E-state index is 11.7. The first kappa shape index (κ1) is 9.48. The van der Waals surface area contributed by atoms with Gasteiger partial charge in [-0.25, -0.2) is 0 Å². The number of nitrogens with one attached hydrogen (secondary N) is 2. The molecule has 2 fully saturated rings. The third-order valence-electron chi connectivity index (χ3n) is 4.23. The van der Waals surface area contributed by atoms with E-state index < -0.39 is 0 Å². The van der Waals surface area contributed by atoms with Crippen molar-refractivity contribution >= 4 is 11.6 Å². The van der Waals surface area contributed by atoms with Crippen molar-refractivity contribution in [3.05, 3.63) is 29.8 Å². The highest BCUT2D eigenvalue weighted by Gasteiger charge is 2.48. The lowest BCUT2D eigenvalue weighted by molar-refractivity contribution is -0.123. The summed E-state index contributed by atoms with van der Waals surface area (Å²) in [4.78, 5) is 11.7. The molecule has 4 nitrogen and oxygen atoms in total. The number of carbonyl (C=O) groups excluding carboxylic acids is 1. The number of para-hydroxylation sites is 1. The molecule has 3 aliphatic heterocycles. The summed E-state index contributed by atoms with van der Waals surface area (Å²) in [5.74, 6) is 0.689. The Morgan fingerprint density at radius 3 is 3.12 bits per heavy atom. The van der Waals surface area contributed by atoms with Gasteiger partial charge in [-0.1, -0.05) is 18.2 Å². The molecular weight excluding hydrogens is 214 g/mol. The number of amides is 1. The monoisotopic (exact) mass is 229 g/mol. The van der Waals surface area contributed by atoms with E-state index in [0.29, 0.717) is 24.4 Å². The number of carbonyl (C=O) groups is 1. The first-order chi connectivity index (χ1) is 8.34. The van der Waals surface area contributed by atoms with Gasteiger partial charge in [-0.05, 0) is 24.6 Å². The SMILES string of the molecule is O=C1CC2NCCC3c4ccccc4N(N1)C23. The van der Waals surface area contributed by atoms with Crippen LogP contribution in [0.15, 0.2) is 24.3 Å². The van der Waals surface area contributed by atoms with Crippen molar-refractivity contribution in [1.29, 1.82) is 0 Å². The maximum Gasteiger partial charge on any atom is 0.240 e. The smallest absolute Gasteiger partial charge is 0.240 e. The van der Waals surface area contributed by atoms with Crippen molar-refractivity contribution in [3.63, 3.8) is 0 Å². The van der Waals surface area contributed by atoms with Crippen LogP contribution in [0.1, 0.15) is 24.3 Å². The highest BCUT2D eigenvalue weighted by molar-refractivity contribution is 5.82. The van der Waals surface area contributed by atoms with E-state index in [2.05, 4.69) is 34.0 Å². The number of hydrogen-bond donors (Lipinski definition) is 2. The zero-order valence-corrected chi connectivity index (χ0v) is 9.52. The number of anilines is 1. The fourth-order valence-corrected chi connectivity index (χ4v) is 3.58. The van der Waals surface area contributed by atoms with Crippen LogP contribution in [0.4, 0.5) is 5.69 Å². The number of rotatable bonds is 0. The molecule has 0 aromatic heterocycles. The lowest BCUT2D eigenvalue weighted by atomic mass is 9.83. The third-order valence-corrected chi connectivity index (χ3v) is 4.23. The minimum absolute atomic E-state index is 0.121. The molecule has 88 valence electrons. The quantitative estimate of drug-likeness (QED) is 0.690. The Balaban J connectivity index is 1.85. The normalized spacial score (nSPS) is 34.0. The molecule has 0 spiro atoms. The second-order valence-electron chi connectivity index (χ2n) is 5.11. The number of nitrogens with zero attached hydrogens (tertiary/aromatic N) is 1. The van der Waals surface area contributed by atoms with Crippen molar-refractivity contribution in [1.82, 2.24) is 10.7 Å². The minimum Gasteiger partial charge on any atom is -0.311 e. The van der Waals surface area contributed by atoms with Crippen molar-refractivity contribution < 1.29 is 4.79 Å². The molecule has 1 aromatic carbocycles. The van der Waals surface area contributed by atoms with Gasteiger partial charge in [0.1, 0.15) is 0 Å². The van der Waals surface area contributed by atoms with Gasteiger partial charge in [0.25, 0.3) is 0 Å². The number of fused-ring (bicyclic) bond motifs is 3. The molecule has 0 radical (unpaired) electrons. The van der Waals surface area contributed by atoms with Crippen LogP contribution in [-0.4, -0.2) is 24.5 Å². The van der Waals surface area contributed by atoms with E-state index in [1.807, 2.05) is 6.07 Å². The Bertz CT molecular complexity index is 487. The summed E-state index contributed by atoms with van der Waals surface area (Å²) < 4.78 is 0. The molecule has 2 N–H and O–H groups in total. The summed E-state index contributed by atoms with van der Waals surface area (Å²) in [6, 6.07) is 9.15. The summed E-state index contributed by atoms with van der Waals surface area (Å²) >= 11 is 0. The number of hydrazine groups is 1. The van der Waals surface area contributed by atoms with Crippen molar-refractivity contribution in [2.45, 2.75) is 30.8 Å². The summed E-state index contributed by atoms with van der Waals surface area (Å²) in [6.07, 6.45) is 1.76. The van der Waals surface area contributed by atoms with Gasteiger partial charge in [0, 0.05) is 18.4 Å². The van der Waals surface area contributed by atoms with Crippen molar-refractivity contribution in [2.24, 2.45) is 0 Å². The molecule has 4 rings (SSSR count). The standard InChI is InChI=1S/C13H15N3O/c17-12-7-10-13-9(5-6-14-10)8-3-1-2-4-11(8)16(13)15-12/h1-4,9-10,13-14H,5-7H2,(H,15,17). The van der Waals surface area contributed by atoms with Gasteiger partial charge in [0.15, 0.2) is 0 Å². The molecule has 4 heteroatoms. The summed E-state index contributed by atoms with van der Waals surface area (Å²) in [5, 5.41) is 5.57. The average molecular weight is 229 g/mol. The molecule has 2 saturated heterocycles. The second kappa shape index (κ2) is 3.23. The number of piperidine rings is 1. The molecule has 17 heavy (non-hydrogen) atoms. The Morgan fingerprint density at radius 2 is 2.18 bits per heavy atom. The fourth-order valence-electron chi connectivity index (χ4n) is 3.58. The topological polar surface area (TPSA) is 44.4 Å². The predicted octanol–water partition coefficient (Wildman–Crippen LogP) is 0.756. The van der Waals surface area contributed by atoms with Gasteiger partial charge >= 0.3 is 0 Å². The van der Waals surface area contributed by atoms with E-state index in [0.717, 1.165) is 13.0 Å². The third kappa shape index (κ3) is 1.19. The lowest BCUT2D eigenvalue weighted by Gasteiger charge is -2.43. The molecule has 3 unspecified atom stereocenters. The average Bonchev–Trinajstić information content (AvgIpc) is 2.67. The van der Waals surface area contributed by atoms with Crippen molar-refractivity contribution in [3.8, 4) is 0 Å². The molecular formula is C13H15N3O. The lowest BCUT2D eigenvalue weighted by Crippen LogP contribution is -2.64. The van der Waals surface area contributed by atoms with Gasteiger partial charge in [0.05, 0.1) is 11.7 Å². The Morgan fingerprint density at radius 1 is 1.29 bits per heavy atom. The molecule has 1 aromatic rings. The van der Waals surface area contributed by atoms with Gasteiger partial charge in [0.2, 0.25) is 5.91 Å². The predicted molar refractivity (Wildman–Crippen MR) is 64.6 cm³/mol.